The number of carbonyl (C=O) groups is 3. The Bertz CT molecular complexity index is 536. The second-order valence-electron chi connectivity index (χ2n) is 5.09. The molecule has 0 bridgehead atoms. The maximum absolute atomic E-state index is 12.4. The van der Waals surface area contributed by atoms with Gasteiger partial charge in [-0.2, -0.15) is 4.98 Å². The van der Waals surface area contributed by atoms with E-state index in [9.17, 15) is 14.4 Å². The normalized spacial score (nSPS) is 24.3. The van der Waals surface area contributed by atoms with Crippen LogP contribution in [0.15, 0.2) is 10.9 Å². The van der Waals surface area contributed by atoms with E-state index in [0.29, 0.717) is 0 Å². The molecule has 1 saturated carbocycles. The molecule has 0 aromatic carbocycles. The Morgan fingerprint density at radius 2 is 2.05 bits per heavy atom. The van der Waals surface area contributed by atoms with Crippen molar-refractivity contribution in [3.63, 3.8) is 0 Å². The average Bonchev–Trinajstić information content (AvgIpc) is 3.07. The number of barbiturate groups is 1. The smallest absolute Gasteiger partial charge is 0.331 e. The minimum atomic E-state index is -0.776. The van der Waals surface area contributed by atoms with Gasteiger partial charge < -0.3 is 4.52 Å². The molecular weight excluding hydrogens is 264 g/mol. The number of aromatic nitrogens is 2. The van der Waals surface area contributed by atoms with Crippen molar-refractivity contribution in [1.82, 2.24) is 20.4 Å². The summed E-state index contributed by atoms with van der Waals surface area (Å²) in [5.74, 6) is -1.48. The summed E-state index contributed by atoms with van der Waals surface area (Å²) in [6, 6.07) is -0.723. The first-order valence-corrected chi connectivity index (χ1v) is 6.58. The van der Waals surface area contributed by atoms with Gasteiger partial charge in [0.05, 0.1) is 6.54 Å². The maximum Gasteiger partial charge on any atom is 0.331 e. The number of carbonyl (C=O) groups excluding carboxylic acids is 3. The van der Waals surface area contributed by atoms with Crippen LogP contribution in [0.4, 0.5) is 4.79 Å². The highest BCUT2D eigenvalue weighted by Crippen LogP contribution is 2.34. The Morgan fingerprint density at radius 3 is 2.70 bits per heavy atom. The first-order chi connectivity index (χ1) is 9.66. The van der Waals surface area contributed by atoms with Gasteiger partial charge in [0.25, 0.3) is 0 Å². The lowest BCUT2D eigenvalue weighted by Crippen LogP contribution is -2.59. The number of nitrogens with zero attached hydrogens (tertiary/aromatic N) is 3. The van der Waals surface area contributed by atoms with Gasteiger partial charge in [0, 0.05) is 0 Å². The second-order valence-corrected chi connectivity index (χ2v) is 5.09. The monoisotopic (exact) mass is 278 g/mol. The molecule has 0 radical (unpaired) electrons. The van der Waals surface area contributed by atoms with Crippen LogP contribution in [0, 0.1) is 11.8 Å². The van der Waals surface area contributed by atoms with Gasteiger partial charge in [0.1, 0.15) is 5.92 Å². The topological polar surface area (TPSA) is 105 Å². The van der Waals surface area contributed by atoms with Crippen molar-refractivity contribution < 1.29 is 18.9 Å². The molecule has 0 spiro atoms. The fraction of sp³-hybridized carbons (Fsp3) is 0.583. The van der Waals surface area contributed by atoms with E-state index < -0.39 is 23.8 Å². The highest BCUT2D eigenvalue weighted by Gasteiger charge is 2.45. The van der Waals surface area contributed by atoms with Crippen LogP contribution in [-0.2, 0) is 16.1 Å². The molecule has 4 amide bonds. The third-order valence-electron chi connectivity index (χ3n) is 3.87. The van der Waals surface area contributed by atoms with Gasteiger partial charge in [0.15, 0.2) is 5.82 Å². The first kappa shape index (κ1) is 12.8. The van der Waals surface area contributed by atoms with E-state index in [1.54, 1.807) is 0 Å². The third kappa shape index (κ3) is 2.17. The van der Waals surface area contributed by atoms with Gasteiger partial charge in [-0.3, -0.25) is 19.8 Å². The standard InChI is InChI=1S/C12H14N4O4/c17-10-9(7-3-1-2-4-7)11(18)16(12(19)14-10)5-8-13-6-20-15-8/h6-7,9H,1-5H2,(H,14,17,19). The largest absolute Gasteiger partial charge is 0.343 e. The fourth-order valence-corrected chi connectivity index (χ4v) is 2.89. The zero-order chi connectivity index (χ0) is 14.1. The number of hydrogen-bond donors (Lipinski definition) is 1. The van der Waals surface area contributed by atoms with Gasteiger partial charge in [-0.05, 0) is 18.8 Å². The van der Waals surface area contributed by atoms with Crippen LogP contribution in [0.2, 0.25) is 0 Å². The molecule has 1 aromatic heterocycles. The van der Waals surface area contributed by atoms with E-state index in [1.165, 1.54) is 0 Å². The van der Waals surface area contributed by atoms with Gasteiger partial charge >= 0.3 is 6.03 Å². The number of rotatable bonds is 3. The van der Waals surface area contributed by atoms with Crippen molar-refractivity contribution in [3.8, 4) is 0 Å². The van der Waals surface area contributed by atoms with Crippen molar-refractivity contribution in [1.29, 1.82) is 0 Å². The molecule has 2 fully saturated rings. The summed E-state index contributed by atoms with van der Waals surface area (Å²) >= 11 is 0. The zero-order valence-corrected chi connectivity index (χ0v) is 10.7. The molecule has 1 aliphatic carbocycles. The molecule has 8 heteroatoms. The van der Waals surface area contributed by atoms with Gasteiger partial charge in [-0.1, -0.05) is 18.0 Å². The Balaban J connectivity index is 1.80. The molecule has 3 rings (SSSR count). The molecule has 8 nitrogen and oxygen atoms in total. The highest BCUT2D eigenvalue weighted by atomic mass is 16.5. The molecule has 1 aliphatic heterocycles. The molecule has 1 atom stereocenters. The van der Waals surface area contributed by atoms with Crippen molar-refractivity contribution in [2.45, 2.75) is 32.2 Å². The minimum absolute atomic E-state index is 0.0170. The maximum atomic E-state index is 12.4. The van der Waals surface area contributed by atoms with Crippen molar-refractivity contribution in [3.05, 3.63) is 12.2 Å². The van der Waals surface area contributed by atoms with Crippen molar-refractivity contribution in [2.24, 2.45) is 11.8 Å². The third-order valence-corrected chi connectivity index (χ3v) is 3.87. The lowest BCUT2D eigenvalue weighted by atomic mass is 9.87. The molecule has 1 saturated heterocycles. The lowest BCUT2D eigenvalue weighted by Gasteiger charge is -2.32. The molecule has 1 N–H and O–H groups in total. The number of imide groups is 2. The van der Waals surface area contributed by atoms with E-state index in [0.717, 1.165) is 37.0 Å². The van der Waals surface area contributed by atoms with Crippen LogP contribution < -0.4 is 5.32 Å². The van der Waals surface area contributed by atoms with Gasteiger partial charge in [-0.25, -0.2) is 4.79 Å². The predicted molar refractivity (Wildman–Crippen MR) is 63.8 cm³/mol. The predicted octanol–water partition coefficient (Wildman–Crippen LogP) is 0.454. The minimum Gasteiger partial charge on any atom is -0.343 e. The molecule has 1 unspecified atom stereocenters. The summed E-state index contributed by atoms with van der Waals surface area (Å²) < 4.78 is 4.58. The summed E-state index contributed by atoms with van der Waals surface area (Å²) in [4.78, 5) is 40.9. The number of urea groups is 1. The molecule has 20 heavy (non-hydrogen) atoms. The SMILES string of the molecule is O=C1NC(=O)N(Cc2ncon2)C(=O)C1C1CCCC1. The Morgan fingerprint density at radius 1 is 1.30 bits per heavy atom. The second kappa shape index (κ2) is 5.03. The summed E-state index contributed by atoms with van der Waals surface area (Å²) in [6.45, 7) is -0.0856. The van der Waals surface area contributed by atoms with Crippen molar-refractivity contribution >= 4 is 17.8 Å². The number of amides is 4. The van der Waals surface area contributed by atoms with Crippen LogP contribution >= 0.6 is 0 Å². The van der Waals surface area contributed by atoms with Crippen LogP contribution in [0.5, 0.6) is 0 Å². The van der Waals surface area contributed by atoms with E-state index in [-0.39, 0.29) is 18.3 Å². The number of hydrogen-bond acceptors (Lipinski definition) is 6. The summed E-state index contributed by atoms with van der Waals surface area (Å²) in [6.07, 6.45) is 4.84. The quantitative estimate of drug-likeness (QED) is 0.805. The molecule has 2 heterocycles. The van der Waals surface area contributed by atoms with E-state index in [2.05, 4.69) is 20.0 Å². The van der Waals surface area contributed by atoms with Crippen LogP contribution in [0.25, 0.3) is 0 Å². The summed E-state index contributed by atoms with van der Waals surface area (Å²) in [7, 11) is 0. The summed E-state index contributed by atoms with van der Waals surface area (Å²) in [5.41, 5.74) is 0. The van der Waals surface area contributed by atoms with E-state index in [1.807, 2.05) is 0 Å². The summed E-state index contributed by atoms with van der Waals surface area (Å²) in [5, 5.41) is 5.82. The van der Waals surface area contributed by atoms with Crippen LogP contribution in [0.3, 0.4) is 0 Å². The number of nitrogens with one attached hydrogen (secondary N) is 1. The zero-order valence-electron chi connectivity index (χ0n) is 10.7. The molecule has 1 aromatic rings. The molecular formula is C12H14N4O4. The van der Waals surface area contributed by atoms with E-state index in [4.69, 9.17) is 0 Å². The Hall–Kier alpha value is -2.25. The van der Waals surface area contributed by atoms with Gasteiger partial charge in [0.2, 0.25) is 18.2 Å². The van der Waals surface area contributed by atoms with Crippen LogP contribution in [-0.4, -0.2) is 32.9 Å². The van der Waals surface area contributed by atoms with E-state index >= 15 is 0 Å². The Labute approximate surface area is 114 Å². The highest BCUT2D eigenvalue weighted by molar-refractivity contribution is 6.16. The molecule has 106 valence electrons. The van der Waals surface area contributed by atoms with Gasteiger partial charge in [-0.15, -0.1) is 0 Å². The lowest BCUT2D eigenvalue weighted by molar-refractivity contribution is -0.145. The first-order valence-electron chi connectivity index (χ1n) is 6.58. The van der Waals surface area contributed by atoms with Crippen LogP contribution in [0.1, 0.15) is 31.5 Å². The average molecular weight is 278 g/mol. The fourth-order valence-electron chi connectivity index (χ4n) is 2.89. The molecule has 2 aliphatic rings. The van der Waals surface area contributed by atoms with Crippen molar-refractivity contribution in [2.75, 3.05) is 0 Å². The Kier molecular flexibility index (Phi) is 3.21.